The third-order valence-electron chi connectivity index (χ3n) is 5.11. The summed E-state index contributed by atoms with van der Waals surface area (Å²) in [5.74, 6) is 0.783. The second kappa shape index (κ2) is 11.4. The van der Waals surface area contributed by atoms with Crippen LogP contribution in [0.3, 0.4) is 0 Å². The SMILES string of the molecule is COc1ccc(NS(=O)(=O)c2ccc(NC(=S)NC(=O)COc3ccc(C(C)(C)C)cc3)cc2)cc1. The Morgan fingerprint density at radius 3 is 1.97 bits per heavy atom. The standard InChI is InChI=1S/C26H29N3O5S2/c1-26(2,3)18-5-11-22(12-6-18)34-17-24(30)28-25(35)27-19-9-15-23(16-10-19)36(31,32)29-20-7-13-21(33-4)14-8-20/h5-16,29H,17H2,1-4H3,(H2,27,28,30,35). The van der Waals surface area contributed by atoms with Crippen molar-refractivity contribution in [2.24, 2.45) is 0 Å². The molecule has 0 fully saturated rings. The van der Waals surface area contributed by atoms with Gasteiger partial charge in [0.1, 0.15) is 11.5 Å². The maximum absolute atomic E-state index is 12.6. The van der Waals surface area contributed by atoms with E-state index < -0.39 is 15.9 Å². The Bertz CT molecular complexity index is 1300. The molecular formula is C26H29N3O5S2. The normalized spacial score (nSPS) is 11.3. The zero-order chi connectivity index (χ0) is 26.3. The fraction of sp³-hybridized carbons (Fsp3) is 0.231. The molecule has 3 aromatic rings. The lowest BCUT2D eigenvalue weighted by Gasteiger charge is -2.19. The van der Waals surface area contributed by atoms with Crippen LogP contribution in [-0.4, -0.2) is 33.2 Å². The van der Waals surface area contributed by atoms with Crippen LogP contribution in [0.5, 0.6) is 11.5 Å². The number of nitrogens with one attached hydrogen (secondary N) is 3. The van der Waals surface area contributed by atoms with E-state index >= 15 is 0 Å². The number of methoxy groups -OCH3 is 1. The zero-order valence-corrected chi connectivity index (χ0v) is 22.1. The van der Waals surface area contributed by atoms with Gasteiger partial charge in [-0.2, -0.15) is 0 Å². The minimum Gasteiger partial charge on any atom is -0.497 e. The van der Waals surface area contributed by atoms with E-state index in [1.165, 1.54) is 24.8 Å². The van der Waals surface area contributed by atoms with Crippen molar-refractivity contribution < 1.29 is 22.7 Å². The van der Waals surface area contributed by atoms with Crippen molar-refractivity contribution in [3.05, 3.63) is 78.4 Å². The molecule has 0 aliphatic carbocycles. The van der Waals surface area contributed by atoms with Crippen molar-refractivity contribution in [3.63, 3.8) is 0 Å². The number of rotatable bonds is 8. The average Bonchev–Trinajstić information content (AvgIpc) is 2.83. The lowest BCUT2D eigenvalue weighted by molar-refractivity contribution is -0.121. The van der Waals surface area contributed by atoms with Crippen LogP contribution in [0.1, 0.15) is 26.3 Å². The van der Waals surface area contributed by atoms with Gasteiger partial charge in [-0.05, 0) is 83.9 Å². The Morgan fingerprint density at radius 1 is 0.861 bits per heavy atom. The third-order valence-corrected chi connectivity index (χ3v) is 6.71. The van der Waals surface area contributed by atoms with Crippen molar-refractivity contribution >= 4 is 44.6 Å². The van der Waals surface area contributed by atoms with Gasteiger partial charge in [0.2, 0.25) is 0 Å². The van der Waals surface area contributed by atoms with E-state index in [1.54, 1.807) is 36.4 Å². The average molecular weight is 528 g/mol. The van der Waals surface area contributed by atoms with Crippen LogP contribution >= 0.6 is 12.2 Å². The first-order chi connectivity index (χ1) is 17.0. The first kappa shape index (κ1) is 27.0. The lowest BCUT2D eigenvalue weighted by Crippen LogP contribution is -2.37. The minimum absolute atomic E-state index is 0.0310. The summed E-state index contributed by atoms with van der Waals surface area (Å²) in [6.45, 7) is 6.16. The van der Waals surface area contributed by atoms with E-state index in [4.69, 9.17) is 21.7 Å². The maximum Gasteiger partial charge on any atom is 0.264 e. The highest BCUT2D eigenvalue weighted by Crippen LogP contribution is 2.24. The van der Waals surface area contributed by atoms with Gasteiger partial charge in [0.25, 0.3) is 15.9 Å². The van der Waals surface area contributed by atoms with Crippen LogP contribution in [0.25, 0.3) is 0 Å². The van der Waals surface area contributed by atoms with Gasteiger partial charge in [0.05, 0.1) is 12.0 Å². The molecule has 0 spiro atoms. The molecule has 0 heterocycles. The van der Waals surface area contributed by atoms with E-state index in [9.17, 15) is 13.2 Å². The zero-order valence-electron chi connectivity index (χ0n) is 20.5. The molecule has 8 nitrogen and oxygen atoms in total. The Morgan fingerprint density at radius 2 is 1.42 bits per heavy atom. The van der Waals surface area contributed by atoms with Crippen molar-refractivity contribution in [1.82, 2.24) is 5.32 Å². The number of carbonyl (C=O) groups excluding carboxylic acids is 1. The van der Waals surface area contributed by atoms with Crippen LogP contribution in [0.4, 0.5) is 11.4 Å². The predicted octanol–water partition coefficient (Wildman–Crippen LogP) is 4.69. The van der Waals surface area contributed by atoms with Gasteiger partial charge in [-0.3, -0.25) is 14.8 Å². The lowest BCUT2D eigenvalue weighted by atomic mass is 9.87. The summed E-state index contributed by atoms with van der Waals surface area (Å²) in [5, 5.41) is 5.46. The molecule has 0 atom stereocenters. The Hall–Kier alpha value is -3.63. The molecule has 190 valence electrons. The van der Waals surface area contributed by atoms with Gasteiger partial charge < -0.3 is 14.8 Å². The first-order valence-corrected chi connectivity index (χ1v) is 13.0. The topological polar surface area (TPSA) is 106 Å². The summed E-state index contributed by atoms with van der Waals surface area (Å²) in [4.78, 5) is 12.3. The van der Waals surface area contributed by atoms with Crippen LogP contribution in [0.15, 0.2) is 77.7 Å². The molecule has 3 N–H and O–H groups in total. The fourth-order valence-corrected chi connectivity index (χ4v) is 4.41. The number of anilines is 2. The summed E-state index contributed by atoms with van der Waals surface area (Å²) in [6, 6.07) is 20.1. The van der Waals surface area contributed by atoms with Crippen molar-refractivity contribution in [3.8, 4) is 11.5 Å². The molecule has 3 aromatic carbocycles. The van der Waals surface area contributed by atoms with Crippen LogP contribution < -0.4 is 24.8 Å². The molecule has 36 heavy (non-hydrogen) atoms. The third kappa shape index (κ3) is 7.69. The van der Waals surface area contributed by atoms with E-state index in [-0.39, 0.29) is 22.0 Å². The summed E-state index contributed by atoms with van der Waals surface area (Å²) in [6.07, 6.45) is 0. The fourth-order valence-electron chi connectivity index (χ4n) is 3.12. The molecule has 3 rings (SSSR count). The number of amides is 1. The number of hydrogen-bond acceptors (Lipinski definition) is 6. The van der Waals surface area contributed by atoms with Gasteiger partial charge in [0.15, 0.2) is 11.7 Å². The minimum atomic E-state index is -3.78. The molecule has 0 aromatic heterocycles. The van der Waals surface area contributed by atoms with Crippen LogP contribution in [-0.2, 0) is 20.2 Å². The number of sulfonamides is 1. The molecule has 0 saturated carbocycles. The molecule has 0 bridgehead atoms. The van der Waals surface area contributed by atoms with Crippen molar-refractivity contribution in [1.29, 1.82) is 0 Å². The van der Waals surface area contributed by atoms with Gasteiger partial charge >= 0.3 is 0 Å². The molecule has 0 unspecified atom stereocenters. The van der Waals surface area contributed by atoms with Gasteiger partial charge in [-0.15, -0.1) is 0 Å². The van der Waals surface area contributed by atoms with Crippen molar-refractivity contribution in [2.45, 2.75) is 31.1 Å². The quantitative estimate of drug-likeness (QED) is 0.365. The molecule has 0 saturated heterocycles. The summed E-state index contributed by atoms with van der Waals surface area (Å²) in [5.41, 5.74) is 2.13. The molecule has 0 radical (unpaired) electrons. The summed E-state index contributed by atoms with van der Waals surface area (Å²) < 4.78 is 38.4. The predicted molar refractivity (Wildman–Crippen MR) is 145 cm³/mol. The number of carbonyl (C=O) groups is 1. The highest BCUT2D eigenvalue weighted by atomic mass is 32.2. The molecule has 10 heteroatoms. The Balaban J connectivity index is 1.49. The largest absolute Gasteiger partial charge is 0.497 e. The van der Waals surface area contributed by atoms with E-state index in [0.717, 1.165) is 0 Å². The van der Waals surface area contributed by atoms with E-state index in [0.29, 0.717) is 22.9 Å². The summed E-state index contributed by atoms with van der Waals surface area (Å²) >= 11 is 5.18. The molecule has 0 aliphatic rings. The maximum atomic E-state index is 12.6. The number of ether oxygens (including phenoxy) is 2. The Kier molecular flexibility index (Phi) is 8.54. The van der Waals surface area contributed by atoms with Crippen LogP contribution in [0, 0.1) is 0 Å². The highest BCUT2D eigenvalue weighted by Gasteiger charge is 2.15. The first-order valence-electron chi connectivity index (χ1n) is 11.1. The summed E-state index contributed by atoms with van der Waals surface area (Å²) in [7, 11) is -2.25. The monoisotopic (exact) mass is 527 g/mol. The number of thiocarbonyl (C=S) groups is 1. The van der Waals surface area contributed by atoms with E-state index in [2.05, 4.69) is 36.1 Å². The second-order valence-corrected chi connectivity index (χ2v) is 11.0. The molecule has 0 aliphatic heterocycles. The Labute approximate surface area is 217 Å². The highest BCUT2D eigenvalue weighted by molar-refractivity contribution is 7.92. The molecule has 1 amide bonds. The van der Waals surface area contributed by atoms with Gasteiger partial charge in [-0.1, -0.05) is 32.9 Å². The van der Waals surface area contributed by atoms with Crippen molar-refractivity contribution in [2.75, 3.05) is 23.8 Å². The van der Waals surface area contributed by atoms with Gasteiger partial charge in [0, 0.05) is 11.4 Å². The number of hydrogen-bond donors (Lipinski definition) is 3. The smallest absolute Gasteiger partial charge is 0.264 e. The van der Waals surface area contributed by atoms with Crippen LogP contribution in [0.2, 0.25) is 0 Å². The van der Waals surface area contributed by atoms with Gasteiger partial charge in [-0.25, -0.2) is 8.42 Å². The molecular weight excluding hydrogens is 498 g/mol. The second-order valence-electron chi connectivity index (χ2n) is 8.92. The van der Waals surface area contributed by atoms with E-state index in [1.807, 2.05) is 24.3 Å². The number of benzene rings is 3.